The van der Waals surface area contributed by atoms with Gasteiger partial charge in [-0.3, -0.25) is 14.9 Å². The number of nitro groups is 1. The molecule has 0 saturated carbocycles. The van der Waals surface area contributed by atoms with Crippen LogP contribution in [0.3, 0.4) is 0 Å². The van der Waals surface area contributed by atoms with Crippen molar-refractivity contribution in [2.24, 2.45) is 0 Å². The first-order chi connectivity index (χ1) is 11.6. The molecule has 0 atom stereocenters. The summed E-state index contributed by atoms with van der Waals surface area (Å²) in [6.07, 6.45) is 0.276. The number of non-ortho nitro benzene ring substituents is 1. The number of benzene rings is 4. The summed E-state index contributed by atoms with van der Waals surface area (Å²) in [7, 11) is 0. The van der Waals surface area contributed by atoms with Crippen LogP contribution in [0.15, 0.2) is 54.6 Å². The van der Waals surface area contributed by atoms with E-state index in [0.717, 1.165) is 27.1 Å². The number of nitrogens with zero attached hydrogens (tertiary/aromatic N) is 1. The van der Waals surface area contributed by atoms with Gasteiger partial charge in [0.25, 0.3) is 5.69 Å². The highest BCUT2D eigenvalue weighted by Crippen LogP contribution is 2.42. The number of hydrogen-bond donors (Lipinski definition) is 0. The van der Waals surface area contributed by atoms with Crippen LogP contribution in [0.4, 0.5) is 5.69 Å². The average molecular weight is 313 g/mol. The third-order valence-corrected chi connectivity index (χ3v) is 4.91. The largest absolute Gasteiger partial charge is 0.294 e. The van der Waals surface area contributed by atoms with Gasteiger partial charge in [0.1, 0.15) is 0 Å². The number of fused-ring (bicyclic) bond motifs is 2. The molecule has 0 unspecified atom stereocenters. The van der Waals surface area contributed by atoms with Crippen molar-refractivity contribution in [3.63, 3.8) is 0 Å². The van der Waals surface area contributed by atoms with E-state index in [1.807, 2.05) is 42.5 Å². The van der Waals surface area contributed by atoms with E-state index < -0.39 is 0 Å². The van der Waals surface area contributed by atoms with E-state index >= 15 is 0 Å². The van der Waals surface area contributed by atoms with Gasteiger partial charge in [0, 0.05) is 23.4 Å². The normalized spacial score (nSPS) is 13.2. The summed E-state index contributed by atoms with van der Waals surface area (Å²) in [5.41, 5.74) is 1.50. The van der Waals surface area contributed by atoms with E-state index in [9.17, 15) is 14.9 Å². The maximum Gasteiger partial charge on any atom is 0.277 e. The lowest BCUT2D eigenvalue weighted by Gasteiger charge is -2.10. The summed E-state index contributed by atoms with van der Waals surface area (Å²) in [5.74, 6) is 0.0187. The molecular formula is C20H11NO3. The van der Waals surface area contributed by atoms with Crippen LogP contribution in [0.2, 0.25) is 0 Å². The van der Waals surface area contributed by atoms with Gasteiger partial charge < -0.3 is 0 Å². The molecule has 4 aromatic rings. The summed E-state index contributed by atoms with van der Waals surface area (Å²) in [5, 5.41) is 16.8. The number of rotatable bonds is 1. The van der Waals surface area contributed by atoms with Crippen LogP contribution >= 0.6 is 0 Å². The Morgan fingerprint density at radius 2 is 1.71 bits per heavy atom. The lowest BCUT2D eigenvalue weighted by molar-refractivity contribution is -0.383. The molecule has 4 bridgehead atoms. The van der Waals surface area contributed by atoms with E-state index in [1.165, 1.54) is 6.07 Å². The smallest absolute Gasteiger partial charge is 0.277 e. The third kappa shape index (κ3) is 1.55. The molecule has 0 aliphatic heterocycles. The molecule has 0 saturated heterocycles. The molecule has 4 nitrogen and oxygen atoms in total. The summed E-state index contributed by atoms with van der Waals surface area (Å²) < 4.78 is 0. The number of carbonyl (C=O) groups is 1. The average Bonchev–Trinajstić information content (AvgIpc) is 2.76. The molecule has 4 heteroatoms. The molecule has 0 amide bonds. The molecule has 6 rings (SSSR count). The lowest BCUT2D eigenvalue weighted by Crippen LogP contribution is -2.00. The zero-order valence-corrected chi connectivity index (χ0v) is 12.6. The Kier molecular flexibility index (Phi) is 2.41. The Bertz CT molecular complexity index is 1220. The van der Waals surface area contributed by atoms with Crippen molar-refractivity contribution < 1.29 is 9.72 Å². The fraction of sp³-hybridized carbons (Fsp3) is 0.0500. The fourth-order valence-corrected chi connectivity index (χ4v) is 3.92. The molecule has 0 N–H and O–H groups in total. The second kappa shape index (κ2) is 4.38. The predicted molar refractivity (Wildman–Crippen MR) is 93.6 cm³/mol. The summed E-state index contributed by atoms with van der Waals surface area (Å²) in [6.45, 7) is 0. The molecule has 0 fully saturated rings. The highest BCUT2D eigenvalue weighted by atomic mass is 16.6. The SMILES string of the molecule is O=C1Cc2cc3c([N+](=O)[O-])ccc1c3c1ccc3ccccc3c21. The van der Waals surface area contributed by atoms with Gasteiger partial charge in [-0.1, -0.05) is 36.4 Å². The third-order valence-electron chi connectivity index (χ3n) is 4.91. The minimum absolute atomic E-state index is 0.0187. The Labute approximate surface area is 136 Å². The second-order valence-electron chi connectivity index (χ2n) is 6.16. The first kappa shape index (κ1) is 13.2. The fourth-order valence-electron chi connectivity index (χ4n) is 3.92. The molecule has 0 spiro atoms. The maximum absolute atomic E-state index is 12.6. The van der Waals surface area contributed by atoms with Crippen molar-refractivity contribution in [3.8, 4) is 0 Å². The van der Waals surface area contributed by atoms with E-state index in [4.69, 9.17) is 0 Å². The van der Waals surface area contributed by atoms with Crippen LogP contribution < -0.4 is 0 Å². The zero-order chi connectivity index (χ0) is 16.4. The minimum Gasteiger partial charge on any atom is -0.294 e. The van der Waals surface area contributed by atoms with Gasteiger partial charge in [0.05, 0.1) is 10.3 Å². The highest BCUT2D eigenvalue weighted by Gasteiger charge is 2.26. The standard InChI is InChI=1S/C20H11NO3/c22-18-10-12-9-16-17(21(23)24)8-7-14(18)20(16)15-6-5-11-3-1-2-4-13(11)19(12)15/h1-9H,10H2. The summed E-state index contributed by atoms with van der Waals surface area (Å²) >= 11 is 0. The molecule has 0 heterocycles. The van der Waals surface area contributed by atoms with Gasteiger partial charge in [-0.2, -0.15) is 0 Å². The van der Waals surface area contributed by atoms with Crippen molar-refractivity contribution in [2.75, 3.05) is 0 Å². The van der Waals surface area contributed by atoms with Crippen LogP contribution in [0.1, 0.15) is 15.9 Å². The van der Waals surface area contributed by atoms with E-state index in [-0.39, 0.29) is 22.8 Å². The first-order valence-electron chi connectivity index (χ1n) is 7.73. The zero-order valence-electron chi connectivity index (χ0n) is 12.6. The molecule has 2 aliphatic rings. The topological polar surface area (TPSA) is 60.2 Å². The van der Waals surface area contributed by atoms with Crippen molar-refractivity contribution in [1.82, 2.24) is 0 Å². The van der Waals surface area contributed by atoms with Crippen molar-refractivity contribution in [2.45, 2.75) is 6.42 Å². The van der Waals surface area contributed by atoms with Crippen LogP contribution in [0.25, 0.3) is 32.3 Å². The Hall–Kier alpha value is -3.27. The summed E-state index contributed by atoms with van der Waals surface area (Å²) in [4.78, 5) is 23.7. The van der Waals surface area contributed by atoms with Gasteiger partial charge in [-0.05, 0) is 39.2 Å². The highest BCUT2D eigenvalue weighted by molar-refractivity contribution is 6.28. The molecule has 0 aromatic heterocycles. The maximum atomic E-state index is 12.6. The van der Waals surface area contributed by atoms with Gasteiger partial charge in [-0.25, -0.2) is 0 Å². The number of hydrogen-bond acceptors (Lipinski definition) is 3. The van der Waals surface area contributed by atoms with Crippen LogP contribution in [0.5, 0.6) is 0 Å². The predicted octanol–water partition coefficient (Wildman–Crippen LogP) is 4.79. The Morgan fingerprint density at radius 1 is 0.875 bits per heavy atom. The Morgan fingerprint density at radius 3 is 2.54 bits per heavy atom. The molecule has 2 aliphatic carbocycles. The quantitative estimate of drug-likeness (QED) is 0.288. The van der Waals surface area contributed by atoms with E-state index in [2.05, 4.69) is 0 Å². The van der Waals surface area contributed by atoms with Gasteiger partial charge in [0.15, 0.2) is 5.78 Å². The van der Waals surface area contributed by atoms with E-state index in [1.54, 1.807) is 6.07 Å². The number of nitro benzene ring substituents is 1. The monoisotopic (exact) mass is 313 g/mol. The molecular weight excluding hydrogens is 302 g/mol. The molecule has 0 radical (unpaired) electrons. The second-order valence-corrected chi connectivity index (χ2v) is 6.16. The summed E-state index contributed by atoms with van der Waals surface area (Å²) in [6, 6.07) is 16.9. The van der Waals surface area contributed by atoms with E-state index in [0.29, 0.717) is 16.3 Å². The van der Waals surface area contributed by atoms with Crippen molar-refractivity contribution in [1.29, 1.82) is 0 Å². The lowest BCUT2D eigenvalue weighted by atomic mass is 9.93. The van der Waals surface area contributed by atoms with Gasteiger partial charge in [0.2, 0.25) is 0 Å². The number of Topliss-reactive ketones (excluding diaryl/α,β-unsaturated/α-hetero) is 1. The Balaban J connectivity index is 2.13. The molecule has 24 heavy (non-hydrogen) atoms. The van der Waals surface area contributed by atoms with Crippen LogP contribution in [0, 0.1) is 10.1 Å². The van der Waals surface area contributed by atoms with Crippen molar-refractivity contribution in [3.05, 3.63) is 75.8 Å². The van der Waals surface area contributed by atoms with Gasteiger partial charge >= 0.3 is 0 Å². The number of ketones is 1. The molecule has 4 aromatic carbocycles. The first-order valence-corrected chi connectivity index (χ1v) is 7.73. The van der Waals surface area contributed by atoms with Gasteiger partial charge in [-0.15, -0.1) is 0 Å². The van der Waals surface area contributed by atoms with Crippen molar-refractivity contribution >= 4 is 43.8 Å². The van der Waals surface area contributed by atoms with Crippen LogP contribution in [-0.4, -0.2) is 10.7 Å². The minimum atomic E-state index is -0.376. The van der Waals surface area contributed by atoms with Crippen LogP contribution in [-0.2, 0) is 6.42 Å². The molecule has 114 valence electrons. The number of carbonyl (C=O) groups excluding carboxylic acids is 1.